The van der Waals surface area contributed by atoms with Gasteiger partial charge in [0, 0.05) is 28.3 Å². The van der Waals surface area contributed by atoms with E-state index in [1.807, 2.05) is 12.1 Å². The van der Waals surface area contributed by atoms with Gasteiger partial charge in [0.15, 0.2) is 5.82 Å². The second-order valence-corrected chi connectivity index (χ2v) is 5.39. The molecular weight excluding hydrogens is 283 g/mol. The molecule has 1 aromatic heterocycles. The van der Waals surface area contributed by atoms with E-state index in [2.05, 4.69) is 15.4 Å². The zero-order chi connectivity index (χ0) is 13.4. The highest BCUT2D eigenvalue weighted by Gasteiger charge is 2.26. The zero-order valence-electron chi connectivity index (χ0n) is 10.0. The first-order chi connectivity index (χ1) is 9.17. The van der Waals surface area contributed by atoms with Crippen LogP contribution in [0.5, 0.6) is 0 Å². The van der Waals surface area contributed by atoms with Crippen molar-refractivity contribution >= 4 is 29.0 Å². The van der Waals surface area contributed by atoms with Crippen molar-refractivity contribution in [3.8, 4) is 11.4 Å². The van der Waals surface area contributed by atoms with E-state index in [4.69, 9.17) is 29.0 Å². The molecule has 98 valence electrons. The number of hydrazine groups is 1. The molecule has 1 heterocycles. The molecule has 0 saturated heterocycles. The lowest BCUT2D eigenvalue weighted by Crippen LogP contribution is -2.10. The van der Waals surface area contributed by atoms with Crippen molar-refractivity contribution in [2.24, 2.45) is 5.84 Å². The number of nitrogens with two attached hydrogens (primary N) is 1. The first-order valence-corrected chi connectivity index (χ1v) is 6.74. The van der Waals surface area contributed by atoms with Gasteiger partial charge in [-0.2, -0.15) is 0 Å². The Bertz CT molecular complexity index is 626. The van der Waals surface area contributed by atoms with Gasteiger partial charge in [-0.1, -0.05) is 23.2 Å². The molecule has 3 N–H and O–H groups in total. The summed E-state index contributed by atoms with van der Waals surface area (Å²) in [5.41, 5.74) is 4.33. The summed E-state index contributed by atoms with van der Waals surface area (Å²) in [6.45, 7) is 0. The van der Waals surface area contributed by atoms with E-state index in [0.29, 0.717) is 27.6 Å². The summed E-state index contributed by atoms with van der Waals surface area (Å²) in [4.78, 5) is 8.92. The Morgan fingerprint density at radius 2 is 1.95 bits per heavy atom. The van der Waals surface area contributed by atoms with Crippen molar-refractivity contribution in [3.05, 3.63) is 40.0 Å². The lowest BCUT2D eigenvalue weighted by molar-refractivity contribution is 0.991. The van der Waals surface area contributed by atoms with E-state index in [1.54, 1.807) is 12.1 Å². The molecule has 0 amide bonds. The molecule has 2 aromatic rings. The molecule has 0 bridgehead atoms. The Balaban J connectivity index is 2.10. The molecule has 1 fully saturated rings. The topological polar surface area (TPSA) is 63.8 Å². The number of halogens is 2. The quantitative estimate of drug-likeness (QED) is 0.670. The lowest BCUT2D eigenvalue weighted by atomic mass is 10.2. The molecule has 1 aromatic carbocycles. The second-order valence-electron chi connectivity index (χ2n) is 4.54. The van der Waals surface area contributed by atoms with Crippen LogP contribution in [0.15, 0.2) is 24.3 Å². The monoisotopic (exact) mass is 294 g/mol. The minimum absolute atomic E-state index is 0.514. The van der Waals surface area contributed by atoms with Crippen LogP contribution in [-0.4, -0.2) is 9.97 Å². The molecule has 1 aliphatic carbocycles. The number of anilines is 1. The lowest BCUT2D eigenvalue weighted by Gasteiger charge is -2.08. The van der Waals surface area contributed by atoms with E-state index in [9.17, 15) is 0 Å². The maximum atomic E-state index is 6.19. The molecule has 1 saturated carbocycles. The predicted molar refractivity (Wildman–Crippen MR) is 77.3 cm³/mol. The third-order valence-electron chi connectivity index (χ3n) is 3.06. The van der Waals surface area contributed by atoms with Gasteiger partial charge < -0.3 is 5.43 Å². The van der Waals surface area contributed by atoms with Gasteiger partial charge in [-0.05, 0) is 31.0 Å². The van der Waals surface area contributed by atoms with Crippen LogP contribution in [0.4, 0.5) is 5.82 Å². The molecule has 0 atom stereocenters. The number of nitrogen functional groups attached to an aromatic ring is 1. The van der Waals surface area contributed by atoms with Crippen molar-refractivity contribution in [2.75, 3.05) is 5.43 Å². The highest BCUT2D eigenvalue weighted by molar-refractivity contribution is 6.36. The SMILES string of the molecule is NNc1cc(C2CC2)nc(-c2ccc(Cl)cc2Cl)n1. The van der Waals surface area contributed by atoms with Crippen molar-refractivity contribution < 1.29 is 0 Å². The maximum Gasteiger partial charge on any atom is 0.163 e. The van der Waals surface area contributed by atoms with Gasteiger partial charge in [-0.15, -0.1) is 0 Å². The van der Waals surface area contributed by atoms with Gasteiger partial charge in [0.1, 0.15) is 5.82 Å². The fraction of sp³-hybridized carbons (Fsp3) is 0.231. The summed E-state index contributed by atoms with van der Waals surface area (Å²) in [7, 11) is 0. The fourth-order valence-corrected chi connectivity index (χ4v) is 2.41. The number of hydrogen-bond acceptors (Lipinski definition) is 4. The fourth-order valence-electron chi connectivity index (χ4n) is 1.92. The van der Waals surface area contributed by atoms with Crippen LogP contribution >= 0.6 is 23.2 Å². The van der Waals surface area contributed by atoms with Gasteiger partial charge in [0.2, 0.25) is 0 Å². The molecular formula is C13H12Cl2N4. The smallest absolute Gasteiger partial charge is 0.163 e. The van der Waals surface area contributed by atoms with E-state index < -0.39 is 0 Å². The maximum absolute atomic E-state index is 6.19. The average molecular weight is 295 g/mol. The zero-order valence-corrected chi connectivity index (χ0v) is 11.5. The van der Waals surface area contributed by atoms with E-state index in [0.717, 1.165) is 24.1 Å². The number of nitrogens with zero attached hydrogens (tertiary/aromatic N) is 2. The number of benzene rings is 1. The Hall–Kier alpha value is -1.36. The van der Waals surface area contributed by atoms with E-state index in [1.165, 1.54) is 0 Å². The molecule has 0 aliphatic heterocycles. The van der Waals surface area contributed by atoms with Gasteiger partial charge >= 0.3 is 0 Å². The Morgan fingerprint density at radius 1 is 1.16 bits per heavy atom. The Kier molecular flexibility index (Phi) is 3.31. The predicted octanol–water partition coefficient (Wildman–Crippen LogP) is 3.61. The highest BCUT2D eigenvalue weighted by atomic mass is 35.5. The highest BCUT2D eigenvalue weighted by Crippen LogP contribution is 2.40. The van der Waals surface area contributed by atoms with Crippen molar-refractivity contribution in [1.29, 1.82) is 0 Å². The summed E-state index contributed by atoms with van der Waals surface area (Å²) in [5, 5.41) is 1.12. The molecule has 0 unspecified atom stereocenters. The normalized spacial score (nSPS) is 14.5. The van der Waals surface area contributed by atoms with Crippen LogP contribution in [-0.2, 0) is 0 Å². The van der Waals surface area contributed by atoms with Crippen molar-refractivity contribution in [2.45, 2.75) is 18.8 Å². The van der Waals surface area contributed by atoms with E-state index in [-0.39, 0.29) is 0 Å². The van der Waals surface area contributed by atoms with Crippen LogP contribution in [0.1, 0.15) is 24.5 Å². The third-order valence-corrected chi connectivity index (χ3v) is 3.61. The minimum atomic E-state index is 0.514. The summed E-state index contributed by atoms with van der Waals surface area (Å²) in [5.74, 6) is 7.13. The summed E-state index contributed by atoms with van der Waals surface area (Å²) in [6.07, 6.45) is 2.32. The third kappa shape index (κ3) is 2.66. The number of hydrogen-bond donors (Lipinski definition) is 2. The summed E-state index contributed by atoms with van der Waals surface area (Å²) < 4.78 is 0. The van der Waals surface area contributed by atoms with Crippen LogP contribution in [0.3, 0.4) is 0 Å². The first-order valence-electron chi connectivity index (χ1n) is 5.98. The standard InChI is InChI=1S/C13H12Cl2N4/c14-8-3-4-9(10(15)5-8)13-17-11(7-1-2-7)6-12(18-13)19-16/h3-7H,1-2,16H2,(H,17,18,19). The second kappa shape index (κ2) is 4.96. The summed E-state index contributed by atoms with van der Waals surface area (Å²) in [6, 6.07) is 7.15. The summed E-state index contributed by atoms with van der Waals surface area (Å²) >= 11 is 12.1. The largest absolute Gasteiger partial charge is 0.308 e. The molecule has 19 heavy (non-hydrogen) atoms. The van der Waals surface area contributed by atoms with Crippen molar-refractivity contribution in [1.82, 2.24) is 9.97 Å². The first kappa shape index (κ1) is 12.7. The molecule has 4 nitrogen and oxygen atoms in total. The number of rotatable bonds is 3. The van der Waals surface area contributed by atoms with Crippen LogP contribution in [0.25, 0.3) is 11.4 Å². The van der Waals surface area contributed by atoms with E-state index >= 15 is 0 Å². The molecule has 6 heteroatoms. The van der Waals surface area contributed by atoms with Crippen LogP contribution in [0, 0.1) is 0 Å². The minimum Gasteiger partial charge on any atom is -0.308 e. The molecule has 1 aliphatic rings. The molecule has 3 rings (SSSR count). The van der Waals surface area contributed by atoms with Gasteiger partial charge in [-0.3, -0.25) is 0 Å². The number of nitrogens with one attached hydrogen (secondary N) is 1. The van der Waals surface area contributed by atoms with Crippen molar-refractivity contribution in [3.63, 3.8) is 0 Å². The Morgan fingerprint density at radius 3 is 2.58 bits per heavy atom. The van der Waals surface area contributed by atoms with Crippen LogP contribution < -0.4 is 11.3 Å². The van der Waals surface area contributed by atoms with Crippen LogP contribution in [0.2, 0.25) is 10.0 Å². The average Bonchev–Trinajstić information content (AvgIpc) is 3.22. The Labute approximate surface area is 120 Å². The molecule has 0 radical (unpaired) electrons. The van der Waals surface area contributed by atoms with Gasteiger partial charge in [-0.25, -0.2) is 15.8 Å². The molecule has 0 spiro atoms. The van der Waals surface area contributed by atoms with Gasteiger partial charge in [0.05, 0.1) is 5.02 Å². The number of aromatic nitrogens is 2. The van der Waals surface area contributed by atoms with Gasteiger partial charge in [0.25, 0.3) is 0 Å².